The number of aryl methyl sites for hydroxylation is 1. The molecule has 0 saturated carbocycles. The van der Waals surface area contributed by atoms with Crippen LogP contribution in [0.4, 0.5) is 14.5 Å². The molecule has 1 atom stereocenters. The first-order valence-corrected chi connectivity index (χ1v) is 8.77. The second-order valence-electron chi connectivity index (χ2n) is 6.25. The number of hydrogen-bond donors (Lipinski definition) is 1. The molecule has 1 heterocycles. The highest BCUT2D eigenvalue weighted by Gasteiger charge is 2.23. The van der Waals surface area contributed by atoms with Crippen molar-refractivity contribution in [1.82, 2.24) is 0 Å². The van der Waals surface area contributed by atoms with Gasteiger partial charge in [-0.05, 0) is 43.2 Å². The Labute approximate surface area is 161 Å². The van der Waals surface area contributed by atoms with Gasteiger partial charge in [-0.3, -0.25) is 0 Å². The van der Waals surface area contributed by atoms with Crippen LogP contribution in [0.25, 0.3) is 0 Å². The van der Waals surface area contributed by atoms with Gasteiger partial charge in [-0.2, -0.15) is 0 Å². The first-order chi connectivity index (χ1) is 12.9. The fraction of sp³-hybridized carbons (Fsp3) is 0.250. The first kappa shape index (κ1) is 19.3. The van der Waals surface area contributed by atoms with Crippen LogP contribution in [0, 0.1) is 18.6 Å². The minimum absolute atomic E-state index is 0.0617. The lowest BCUT2D eigenvalue weighted by Gasteiger charge is -2.31. The summed E-state index contributed by atoms with van der Waals surface area (Å²) < 4.78 is 32.3. The summed E-state index contributed by atoms with van der Waals surface area (Å²) in [4.78, 5) is 6.32. The third-order valence-electron chi connectivity index (χ3n) is 4.28. The van der Waals surface area contributed by atoms with E-state index in [1.165, 1.54) is 12.1 Å². The lowest BCUT2D eigenvalue weighted by molar-refractivity contribution is 0.281. The van der Waals surface area contributed by atoms with Gasteiger partial charge in [-0.1, -0.05) is 23.7 Å². The maximum atomic E-state index is 13.7. The highest BCUT2D eigenvalue weighted by atomic mass is 35.5. The third kappa shape index (κ3) is 4.28. The van der Waals surface area contributed by atoms with Crippen LogP contribution in [0.5, 0.6) is 0 Å². The molecule has 142 valence electrons. The van der Waals surface area contributed by atoms with Crippen molar-refractivity contribution >= 4 is 23.2 Å². The van der Waals surface area contributed by atoms with Gasteiger partial charge >= 0.3 is 0 Å². The van der Waals surface area contributed by atoms with Gasteiger partial charge in [-0.15, -0.1) is 0 Å². The van der Waals surface area contributed by atoms with Crippen LogP contribution in [0.2, 0.25) is 0 Å². The Morgan fingerprint density at radius 2 is 2.00 bits per heavy atom. The van der Waals surface area contributed by atoms with Gasteiger partial charge in [0.1, 0.15) is 29.4 Å². The van der Waals surface area contributed by atoms with Crippen LogP contribution in [0.15, 0.2) is 52.6 Å². The van der Waals surface area contributed by atoms with Crippen LogP contribution in [-0.2, 0) is 18.0 Å². The summed E-state index contributed by atoms with van der Waals surface area (Å²) in [6, 6.07) is 8.95. The Morgan fingerprint density at radius 1 is 1.22 bits per heavy atom. The molecule has 1 unspecified atom stereocenters. The number of aliphatic imine (C=N–C) groups is 1. The molecule has 3 rings (SSSR count). The van der Waals surface area contributed by atoms with Gasteiger partial charge in [0.25, 0.3) is 0 Å². The highest BCUT2D eigenvalue weighted by molar-refractivity contribution is 6.42. The Morgan fingerprint density at radius 3 is 2.70 bits per heavy atom. The van der Waals surface area contributed by atoms with E-state index in [2.05, 4.69) is 4.99 Å². The van der Waals surface area contributed by atoms with Crippen molar-refractivity contribution in [3.05, 3.63) is 76.0 Å². The van der Waals surface area contributed by atoms with Gasteiger partial charge in [-0.25, -0.2) is 13.8 Å². The van der Waals surface area contributed by atoms with E-state index in [0.29, 0.717) is 0 Å². The molecule has 0 bridgehead atoms. The predicted molar refractivity (Wildman–Crippen MR) is 102 cm³/mol. The quantitative estimate of drug-likeness (QED) is 0.825. The molecule has 1 aliphatic heterocycles. The van der Waals surface area contributed by atoms with Gasteiger partial charge in [0.15, 0.2) is 0 Å². The van der Waals surface area contributed by atoms with E-state index in [4.69, 9.17) is 16.3 Å². The molecule has 2 aromatic carbocycles. The maximum Gasteiger partial charge on any atom is 0.231 e. The van der Waals surface area contributed by atoms with E-state index in [9.17, 15) is 13.9 Å². The highest BCUT2D eigenvalue weighted by Crippen LogP contribution is 2.29. The second-order valence-corrected chi connectivity index (χ2v) is 6.66. The fourth-order valence-corrected chi connectivity index (χ4v) is 2.98. The molecular formula is C20H19ClF2N2O2. The topological polar surface area (TPSA) is 45.1 Å². The predicted octanol–water partition coefficient (Wildman–Crippen LogP) is 4.63. The van der Waals surface area contributed by atoms with Crippen molar-refractivity contribution in [3.8, 4) is 0 Å². The Balaban J connectivity index is 1.78. The molecule has 1 N–H and O–H groups in total. The summed E-state index contributed by atoms with van der Waals surface area (Å²) in [5.41, 5.74) is 2.88. The molecule has 2 aromatic rings. The fourth-order valence-electron chi connectivity index (χ4n) is 2.77. The van der Waals surface area contributed by atoms with Crippen molar-refractivity contribution in [2.75, 3.05) is 4.90 Å². The molecule has 0 amide bonds. The first-order valence-electron chi connectivity index (χ1n) is 8.40. The summed E-state index contributed by atoms with van der Waals surface area (Å²) in [5.74, 6) is -1.13. The number of ether oxygens (including phenoxy) is 1. The normalized spacial score (nSPS) is 16.8. The zero-order valence-electron chi connectivity index (χ0n) is 14.9. The molecule has 0 fully saturated rings. The minimum atomic E-state index is -0.683. The average Bonchev–Trinajstić information content (AvgIpc) is 2.64. The monoisotopic (exact) mass is 392 g/mol. The number of aliphatic hydroxyl groups excluding tert-OH is 1. The van der Waals surface area contributed by atoms with Crippen molar-refractivity contribution in [2.24, 2.45) is 4.99 Å². The Bertz CT molecular complexity index is 915. The molecule has 27 heavy (non-hydrogen) atoms. The maximum absolute atomic E-state index is 13.7. The lowest BCUT2D eigenvalue weighted by atomic mass is 10.1. The van der Waals surface area contributed by atoms with Crippen molar-refractivity contribution in [3.63, 3.8) is 0 Å². The summed E-state index contributed by atoms with van der Waals surface area (Å²) in [6.45, 7) is 3.65. The number of rotatable bonds is 4. The molecular weight excluding hydrogens is 374 g/mol. The zero-order valence-corrected chi connectivity index (χ0v) is 15.7. The molecule has 0 saturated heterocycles. The molecule has 0 aliphatic carbocycles. The van der Waals surface area contributed by atoms with Gasteiger partial charge in [0.05, 0.1) is 6.61 Å². The van der Waals surface area contributed by atoms with Crippen LogP contribution in [-0.4, -0.2) is 17.2 Å². The minimum Gasteiger partial charge on any atom is -0.472 e. The zero-order chi connectivity index (χ0) is 19.6. The molecule has 0 aromatic heterocycles. The van der Waals surface area contributed by atoms with E-state index in [0.717, 1.165) is 22.9 Å². The van der Waals surface area contributed by atoms with Crippen LogP contribution in [0.3, 0.4) is 0 Å². The Kier molecular flexibility index (Phi) is 5.77. The molecule has 7 heteroatoms. The van der Waals surface area contributed by atoms with Crippen molar-refractivity contribution in [1.29, 1.82) is 0 Å². The molecule has 4 nitrogen and oxygen atoms in total. The molecule has 1 aliphatic rings. The second kappa shape index (κ2) is 8.06. The number of halogens is 3. The smallest absolute Gasteiger partial charge is 0.231 e. The number of benzene rings is 2. The van der Waals surface area contributed by atoms with Crippen LogP contribution < -0.4 is 4.90 Å². The van der Waals surface area contributed by atoms with Gasteiger partial charge in [0.2, 0.25) is 5.90 Å². The van der Waals surface area contributed by atoms with Crippen LogP contribution in [0.1, 0.15) is 23.6 Å². The van der Waals surface area contributed by atoms with E-state index in [1.807, 2.05) is 36.9 Å². The average molecular weight is 393 g/mol. The standard InChI is InChI=1S/C20H19ClF2N2O2/c1-12-3-4-14(10-26)7-19(12)25-9-17(21)20(24-13(25)2)27-11-15-5-6-16(22)8-18(15)23/h3-9,13,26H,10-11H2,1-2H3. The molecule has 0 radical (unpaired) electrons. The largest absolute Gasteiger partial charge is 0.472 e. The Hall–Kier alpha value is -2.44. The SMILES string of the molecule is Cc1ccc(CO)cc1N1C=C(Cl)C(OCc2ccc(F)cc2F)=NC1C. The lowest BCUT2D eigenvalue weighted by Crippen LogP contribution is -2.32. The van der Waals surface area contributed by atoms with E-state index in [1.54, 1.807) is 6.20 Å². The van der Waals surface area contributed by atoms with Gasteiger partial charge < -0.3 is 14.7 Å². The summed E-state index contributed by atoms with van der Waals surface area (Å²) in [7, 11) is 0. The van der Waals surface area contributed by atoms with Crippen LogP contribution >= 0.6 is 11.6 Å². The van der Waals surface area contributed by atoms with E-state index >= 15 is 0 Å². The van der Waals surface area contributed by atoms with E-state index in [-0.39, 0.29) is 35.9 Å². The third-order valence-corrected chi connectivity index (χ3v) is 4.54. The summed E-state index contributed by atoms with van der Waals surface area (Å²) in [5, 5.41) is 9.64. The summed E-state index contributed by atoms with van der Waals surface area (Å²) >= 11 is 6.31. The number of aliphatic hydroxyl groups is 1. The van der Waals surface area contributed by atoms with E-state index < -0.39 is 11.6 Å². The number of anilines is 1. The van der Waals surface area contributed by atoms with Crippen molar-refractivity contribution < 1.29 is 18.6 Å². The van der Waals surface area contributed by atoms with Gasteiger partial charge in [0, 0.05) is 23.5 Å². The van der Waals surface area contributed by atoms with Crippen molar-refractivity contribution in [2.45, 2.75) is 33.2 Å². The summed E-state index contributed by atoms with van der Waals surface area (Å²) in [6.07, 6.45) is 1.38. The number of hydrogen-bond acceptors (Lipinski definition) is 4. The molecule has 0 spiro atoms. The number of nitrogens with zero attached hydrogens (tertiary/aromatic N) is 2.